The largest absolute Gasteiger partial charge is 0.477 e. The summed E-state index contributed by atoms with van der Waals surface area (Å²) in [5.41, 5.74) is 11.6. The lowest BCUT2D eigenvalue weighted by Gasteiger charge is -2.27. The number of hydrogen-bond donors (Lipinski definition) is 5. The van der Waals surface area contributed by atoms with Gasteiger partial charge in [-0.25, -0.2) is 22.8 Å². The van der Waals surface area contributed by atoms with Gasteiger partial charge < -0.3 is 55.4 Å². The molecule has 6 fully saturated rings. The van der Waals surface area contributed by atoms with Crippen LogP contribution in [0.4, 0.5) is 30.2 Å². The van der Waals surface area contributed by atoms with E-state index in [1.807, 2.05) is 14.4 Å². The molecule has 0 unspecified atom stereocenters. The van der Waals surface area contributed by atoms with E-state index >= 15 is 8.78 Å². The number of anilines is 3. The number of hydrogen-bond acceptors (Lipinski definition) is 12. The molecule has 3 aromatic heterocycles. The fourth-order valence-electron chi connectivity index (χ4n) is 11.4. The monoisotopic (exact) mass is 1180 g/mol. The average Bonchev–Trinajstić information content (AvgIpc) is 3.43. The molecule has 0 radical (unpaired) electrons. The number of amides is 1. The van der Waals surface area contributed by atoms with E-state index in [2.05, 4.69) is 5.32 Å². The van der Waals surface area contributed by atoms with Gasteiger partial charge in [-0.15, -0.1) is 0 Å². The van der Waals surface area contributed by atoms with Crippen LogP contribution in [0.5, 0.6) is 0 Å². The number of aromatic nitrogens is 3. The molecule has 1 amide bonds. The summed E-state index contributed by atoms with van der Waals surface area (Å²) in [6.45, 7) is 4.73. The van der Waals surface area contributed by atoms with Gasteiger partial charge >= 0.3 is 11.9 Å². The minimum atomic E-state index is -1.35. The number of carboxylic acids is 2. The Morgan fingerprint density at radius 2 is 0.889 bits per heavy atom. The normalized spacial score (nSPS) is 19.7. The number of pyridine rings is 3. The molecule has 6 heterocycles. The van der Waals surface area contributed by atoms with E-state index in [0.717, 1.165) is 89.2 Å². The zero-order valence-electron chi connectivity index (χ0n) is 44.4. The number of nitrogens with zero attached hydrogens (tertiary/aromatic N) is 6. The van der Waals surface area contributed by atoms with E-state index in [1.54, 1.807) is 20.2 Å². The van der Waals surface area contributed by atoms with E-state index in [9.17, 15) is 48.2 Å². The minimum Gasteiger partial charge on any atom is -0.477 e. The highest BCUT2D eigenvalue weighted by molar-refractivity contribution is 6.39. The second kappa shape index (κ2) is 23.3. The number of benzene rings is 3. The Hall–Kier alpha value is -6.65. The lowest BCUT2D eigenvalue weighted by Crippen LogP contribution is -2.36. The number of nitrogens with one attached hydrogen (secondary N) is 1. The summed E-state index contributed by atoms with van der Waals surface area (Å²) in [5.74, 6) is -4.98. The summed E-state index contributed by atoms with van der Waals surface area (Å²) in [6, 6.07) is 3.62. The van der Waals surface area contributed by atoms with Crippen molar-refractivity contribution in [3.63, 3.8) is 0 Å². The summed E-state index contributed by atoms with van der Waals surface area (Å²) < 4.78 is 50.3. The van der Waals surface area contributed by atoms with Crippen LogP contribution in [0.1, 0.15) is 140 Å². The van der Waals surface area contributed by atoms with Crippen molar-refractivity contribution < 1.29 is 42.6 Å². The van der Waals surface area contributed by atoms with Crippen LogP contribution in [0.25, 0.3) is 32.7 Å². The van der Waals surface area contributed by atoms with Crippen LogP contribution >= 0.6 is 34.8 Å². The maximum Gasteiger partial charge on any atom is 0.341 e. The third-order valence-electron chi connectivity index (χ3n) is 15.9. The van der Waals surface area contributed by atoms with Crippen LogP contribution in [0.3, 0.4) is 0 Å². The van der Waals surface area contributed by atoms with Crippen molar-refractivity contribution in [2.24, 2.45) is 11.5 Å². The number of Topliss-reactive ketones (excluding diaryl/α,β-unsaturated/α-hetero) is 1. The van der Waals surface area contributed by atoms with Crippen LogP contribution in [-0.2, 0) is 4.79 Å². The fourth-order valence-corrected chi connectivity index (χ4v) is 12.6. The first kappa shape index (κ1) is 57.6. The van der Waals surface area contributed by atoms with Crippen molar-refractivity contribution in [1.29, 1.82) is 0 Å². The highest BCUT2D eigenvalue weighted by Crippen LogP contribution is 2.45. The second-order valence-corrected chi connectivity index (χ2v) is 23.1. The van der Waals surface area contributed by atoms with Gasteiger partial charge in [-0.2, -0.15) is 0 Å². The molecule has 3 aliphatic heterocycles. The third-order valence-corrected chi connectivity index (χ3v) is 17.0. The molecule has 3 aliphatic carbocycles. The van der Waals surface area contributed by atoms with Crippen molar-refractivity contribution >= 4 is 108 Å². The zero-order chi connectivity index (χ0) is 57.9. The van der Waals surface area contributed by atoms with Gasteiger partial charge in [-0.1, -0.05) is 47.6 Å². The van der Waals surface area contributed by atoms with Gasteiger partial charge in [-0.3, -0.25) is 24.0 Å². The number of fused-ring (bicyclic) bond motifs is 3. The minimum absolute atomic E-state index is 0.00664. The molecule has 18 nitrogen and oxygen atoms in total. The second-order valence-electron chi connectivity index (χ2n) is 21.9. The zero-order valence-corrected chi connectivity index (χ0v) is 46.6. The molecule has 12 rings (SSSR count). The topological polar surface area (TPSA) is 249 Å². The molecule has 81 heavy (non-hydrogen) atoms. The number of carbonyl (C=O) groups is 4. The number of nitrogens with two attached hydrogens (primary N) is 2. The molecule has 7 N–H and O–H groups in total. The highest BCUT2D eigenvalue weighted by Gasteiger charge is 2.34. The smallest absolute Gasteiger partial charge is 0.341 e. The Bertz CT molecular complexity index is 3610. The molecule has 430 valence electrons. The highest BCUT2D eigenvalue weighted by atomic mass is 35.5. The van der Waals surface area contributed by atoms with Gasteiger partial charge in [0, 0.05) is 101 Å². The predicted octanol–water partition coefficient (Wildman–Crippen LogP) is 8.95. The van der Waals surface area contributed by atoms with Crippen LogP contribution in [0.15, 0.2) is 51.2 Å². The van der Waals surface area contributed by atoms with Gasteiger partial charge in [-0.05, 0) is 89.3 Å². The van der Waals surface area contributed by atoms with Gasteiger partial charge in [0.1, 0.15) is 28.6 Å². The average molecular weight is 1180 g/mol. The number of carboxylic acid groups (broad SMARTS) is 2. The summed E-state index contributed by atoms with van der Waals surface area (Å²) in [6.07, 6.45) is 15.3. The van der Waals surface area contributed by atoms with Crippen molar-refractivity contribution in [1.82, 2.24) is 19.0 Å². The Morgan fingerprint density at radius 1 is 0.531 bits per heavy atom. The first-order chi connectivity index (χ1) is 38.6. The molecular formula is C57H61Cl3F3N9O9. The molecule has 3 saturated carbocycles. The number of halogens is 6. The Balaban J connectivity index is 0.000000136. The van der Waals surface area contributed by atoms with E-state index in [-0.39, 0.29) is 102 Å². The fraction of sp³-hybridized carbons (Fsp3) is 0.456. The first-order valence-corrected chi connectivity index (χ1v) is 28.5. The van der Waals surface area contributed by atoms with Crippen molar-refractivity contribution in [3.8, 4) is 0 Å². The van der Waals surface area contributed by atoms with E-state index in [0.29, 0.717) is 68.1 Å². The maximum atomic E-state index is 15.1. The van der Waals surface area contributed by atoms with Crippen LogP contribution < -0.4 is 47.8 Å². The van der Waals surface area contributed by atoms with Crippen LogP contribution in [0, 0.1) is 17.5 Å². The molecule has 0 bridgehead atoms. The molecule has 2 atom stereocenters. The van der Waals surface area contributed by atoms with Crippen molar-refractivity contribution in [3.05, 3.63) is 117 Å². The number of rotatable bonds is 9. The maximum absolute atomic E-state index is 15.1. The Kier molecular flexibility index (Phi) is 16.6. The summed E-state index contributed by atoms with van der Waals surface area (Å²) in [4.78, 5) is 89.7. The summed E-state index contributed by atoms with van der Waals surface area (Å²) in [7, 11) is 0. The number of ketones is 1. The quantitative estimate of drug-likeness (QED) is 0.0849. The van der Waals surface area contributed by atoms with E-state index in [1.165, 1.54) is 25.4 Å². The Labute approximate surface area is 476 Å². The van der Waals surface area contributed by atoms with Crippen molar-refractivity contribution in [2.45, 2.75) is 121 Å². The molecular weight excluding hydrogens is 1120 g/mol. The molecule has 24 heteroatoms. The number of carbonyl (C=O) groups excluding carboxylic acids is 2. The SMILES string of the molecule is CC(=O)c1cn(C2CC2)c2c(Cl)c(N3CCCC[C@@H](N)C3)c(F)cc2c1=O.N[C@H]1CCCCN(c2c(F)cc3c(=O)c(C(=O)O)cn(C4CC4)c3c2Cl)C1.O=C1CCN(c2c(F)cc3c(=O)c(C(=O)O)cn(C4CC4)c3c2Cl)CCN1. The predicted molar refractivity (Wildman–Crippen MR) is 306 cm³/mol. The first-order valence-electron chi connectivity index (χ1n) is 27.4. The van der Waals surface area contributed by atoms with E-state index in [4.69, 9.17) is 46.3 Å². The van der Waals surface area contributed by atoms with Gasteiger partial charge in [0.2, 0.25) is 16.8 Å². The Morgan fingerprint density at radius 3 is 1.25 bits per heavy atom. The van der Waals surface area contributed by atoms with Crippen LogP contribution in [-0.4, -0.2) is 105 Å². The van der Waals surface area contributed by atoms with E-state index < -0.39 is 51.2 Å². The van der Waals surface area contributed by atoms with Crippen LogP contribution in [0.2, 0.25) is 15.1 Å². The molecule has 6 aromatic rings. The summed E-state index contributed by atoms with van der Waals surface area (Å²) in [5, 5.41) is 22.0. The number of aromatic carboxylic acids is 2. The lowest BCUT2D eigenvalue weighted by molar-refractivity contribution is -0.120. The molecule has 6 aliphatic rings. The van der Waals surface area contributed by atoms with Gasteiger partial charge in [0.05, 0.1) is 70.4 Å². The molecule has 3 saturated heterocycles. The molecule has 3 aromatic carbocycles. The lowest BCUT2D eigenvalue weighted by atomic mass is 10.1. The van der Waals surface area contributed by atoms with Gasteiger partial charge in [0.15, 0.2) is 11.2 Å². The third kappa shape index (κ3) is 11.6. The summed E-state index contributed by atoms with van der Waals surface area (Å²) >= 11 is 19.9. The standard InChI is InChI=1S/C20H23ClFN3O2.C19H21ClFN3O3.C18H17ClFN3O4/c1-11(26)15-10-25(13-5-6-13)18-14(20(15)27)8-16(22)19(17(18)21)24-7-3-2-4-12(23)9-24;20-15-16-12(18(25)13(19(26)27)9-24(16)11-4-5-11)7-14(21)17(15)23-6-2-1-3-10(22)8-23;19-14-15-10(17(25)11(18(26)27)8-23(15)9-1-2-9)7-12(20)16(14)22-5-3-13(24)21-4-6-22/h8,10,12-13H,2-7,9,23H2,1H3;7,9-11H,1-6,8,22H2,(H,26,27);7-9H,1-6H2,(H,21,24)(H,26,27)/t12-;10-;/m10./s1. The van der Waals surface area contributed by atoms with Crippen molar-refractivity contribution in [2.75, 3.05) is 60.5 Å². The molecule has 0 spiro atoms. The van der Waals surface area contributed by atoms with Gasteiger partial charge in [0.25, 0.3) is 0 Å².